The fraction of sp³-hybridized carbons (Fsp3) is 0.0208. The zero-order chi connectivity index (χ0) is 34.2. The molecule has 0 N–H and O–H groups in total. The van der Waals surface area contributed by atoms with E-state index in [2.05, 4.69) is 115 Å². The molecule has 4 heteroatoms. The zero-order valence-corrected chi connectivity index (χ0v) is 28.8. The number of fused-ring (bicyclic) bond motifs is 12. The molecule has 52 heavy (non-hydrogen) atoms. The van der Waals surface area contributed by atoms with E-state index in [1.165, 1.54) is 59.5 Å². The SMILES string of the molecule is c1ccc(-c2nc(-c3ccccc3)nc(-c3cccc(-c4cccc5c4-c4ccccc4C54c5ccccc5-c5c4sc4ccccc54)c3)n2)cc1. The number of aromatic nitrogens is 3. The van der Waals surface area contributed by atoms with Crippen molar-refractivity contribution in [3.8, 4) is 67.5 Å². The predicted octanol–water partition coefficient (Wildman–Crippen LogP) is 12.1. The second-order valence-electron chi connectivity index (χ2n) is 13.5. The van der Waals surface area contributed by atoms with E-state index in [-0.39, 0.29) is 0 Å². The number of hydrogen-bond acceptors (Lipinski definition) is 4. The van der Waals surface area contributed by atoms with Crippen LogP contribution in [0.25, 0.3) is 77.6 Å². The summed E-state index contributed by atoms with van der Waals surface area (Å²) in [6.07, 6.45) is 0. The first-order valence-corrected chi connectivity index (χ1v) is 18.4. The Morgan fingerprint density at radius 2 is 0.846 bits per heavy atom. The Bertz CT molecular complexity index is 2800. The highest BCUT2D eigenvalue weighted by molar-refractivity contribution is 7.20. The predicted molar refractivity (Wildman–Crippen MR) is 213 cm³/mol. The Labute approximate surface area is 305 Å². The number of nitrogens with zero attached hydrogens (tertiary/aromatic N) is 3. The van der Waals surface area contributed by atoms with Gasteiger partial charge in [0.15, 0.2) is 17.5 Å². The topological polar surface area (TPSA) is 38.7 Å². The van der Waals surface area contributed by atoms with E-state index in [0.717, 1.165) is 22.3 Å². The number of thiophene rings is 1. The highest BCUT2D eigenvalue weighted by Crippen LogP contribution is 2.66. The van der Waals surface area contributed by atoms with E-state index in [9.17, 15) is 0 Å². The van der Waals surface area contributed by atoms with Gasteiger partial charge in [0, 0.05) is 37.2 Å². The molecule has 1 atom stereocenters. The first-order valence-electron chi connectivity index (χ1n) is 17.6. The molecule has 1 spiro atoms. The van der Waals surface area contributed by atoms with E-state index in [1.807, 2.05) is 72.0 Å². The lowest BCUT2D eigenvalue weighted by atomic mass is 9.73. The van der Waals surface area contributed by atoms with Gasteiger partial charge in [0.05, 0.1) is 5.41 Å². The summed E-state index contributed by atoms with van der Waals surface area (Å²) in [5.41, 5.74) is 14.2. The van der Waals surface area contributed by atoms with Crippen LogP contribution in [0.4, 0.5) is 0 Å². The first-order chi connectivity index (χ1) is 25.8. The van der Waals surface area contributed by atoms with Crippen molar-refractivity contribution in [3.05, 3.63) is 197 Å². The molecular weight excluding hydrogens is 651 g/mol. The molecule has 0 saturated heterocycles. The Hall–Kier alpha value is -6.49. The molecule has 2 heterocycles. The molecule has 242 valence electrons. The molecule has 3 nitrogen and oxygen atoms in total. The molecule has 2 aliphatic rings. The molecule has 7 aromatic carbocycles. The van der Waals surface area contributed by atoms with Crippen molar-refractivity contribution in [1.82, 2.24) is 15.0 Å². The minimum Gasteiger partial charge on any atom is -0.208 e. The van der Waals surface area contributed by atoms with E-state index in [4.69, 9.17) is 15.0 Å². The van der Waals surface area contributed by atoms with Crippen molar-refractivity contribution >= 4 is 21.4 Å². The van der Waals surface area contributed by atoms with Gasteiger partial charge in [0.1, 0.15) is 0 Å². The third kappa shape index (κ3) is 4.10. The molecule has 0 fully saturated rings. The molecule has 2 aliphatic carbocycles. The minimum absolute atomic E-state index is 0.390. The Kier molecular flexibility index (Phi) is 6.34. The second kappa shape index (κ2) is 11.3. The van der Waals surface area contributed by atoms with Crippen LogP contribution >= 0.6 is 11.3 Å². The van der Waals surface area contributed by atoms with Gasteiger partial charge in [0.25, 0.3) is 0 Å². The van der Waals surface area contributed by atoms with Gasteiger partial charge in [-0.2, -0.15) is 0 Å². The van der Waals surface area contributed by atoms with Crippen LogP contribution in [0.15, 0.2) is 176 Å². The lowest BCUT2D eigenvalue weighted by molar-refractivity contribution is 0.812. The largest absolute Gasteiger partial charge is 0.208 e. The van der Waals surface area contributed by atoms with Crippen molar-refractivity contribution in [2.45, 2.75) is 5.41 Å². The summed E-state index contributed by atoms with van der Waals surface area (Å²) >= 11 is 1.94. The monoisotopic (exact) mass is 679 g/mol. The molecule has 1 unspecified atom stereocenters. The first kappa shape index (κ1) is 29.3. The molecule has 0 amide bonds. The third-order valence-corrected chi connectivity index (χ3v) is 12.0. The van der Waals surface area contributed by atoms with Crippen LogP contribution in [-0.4, -0.2) is 15.0 Å². The average Bonchev–Trinajstić information content (AvgIpc) is 3.85. The van der Waals surface area contributed by atoms with E-state index < -0.39 is 5.41 Å². The van der Waals surface area contributed by atoms with Crippen LogP contribution in [0.1, 0.15) is 21.6 Å². The Morgan fingerprint density at radius 1 is 0.365 bits per heavy atom. The minimum atomic E-state index is -0.390. The van der Waals surface area contributed by atoms with Crippen LogP contribution in [0.3, 0.4) is 0 Å². The van der Waals surface area contributed by atoms with Crippen LogP contribution in [0, 0.1) is 0 Å². The maximum Gasteiger partial charge on any atom is 0.164 e. The van der Waals surface area contributed by atoms with Gasteiger partial charge in [-0.15, -0.1) is 11.3 Å². The smallest absolute Gasteiger partial charge is 0.164 e. The van der Waals surface area contributed by atoms with E-state index in [1.54, 1.807) is 0 Å². The van der Waals surface area contributed by atoms with Gasteiger partial charge in [0.2, 0.25) is 0 Å². The molecule has 11 rings (SSSR count). The highest BCUT2D eigenvalue weighted by atomic mass is 32.1. The summed E-state index contributed by atoms with van der Waals surface area (Å²) in [7, 11) is 0. The van der Waals surface area contributed by atoms with E-state index in [0.29, 0.717) is 17.5 Å². The van der Waals surface area contributed by atoms with Crippen molar-refractivity contribution in [1.29, 1.82) is 0 Å². The van der Waals surface area contributed by atoms with Crippen LogP contribution in [-0.2, 0) is 5.41 Å². The van der Waals surface area contributed by atoms with Gasteiger partial charge in [-0.05, 0) is 56.6 Å². The summed E-state index contributed by atoms with van der Waals surface area (Å²) in [4.78, 5) is 16.4. The maximum atomic E-state index is 5.05. The molecule has 0 radical (unpaired) electrons. The lowest BCUT2D eigenvalue weighted by Crippen LogP contribution is -2.24. The molecule has 9 aromatic rings. The van der Waals surface area contributed by atoms with E-state index >= 15 is 0 Å². The van der Waals surface area contributed by atoms with Crippen LogP contribution < -0.4 is 0 Å². The van der Waals surface area contributed by atoms with Gasteiger partial charge in [-0.3, -0.25) is 0 Å². The van der Waals surface area contributed by atoms with Gasteiger partial charge in [-0.25, -0.2) is 15.0 Å². The van der Waals surface area contributed by atoms with Crippen molar-refractivity contribution < 1.29 is 0 Å². The third-order valence-electron chi connectivity index (χ3n) is 10.7. The van der Waals surface area contributed by atoms with Gasteiger partial charge >= 0.3 is 0 Å². The molecule has 0 aliphatic heterocycles. The quantitative estimate of drug-likeness (QED) is 0.186. The van der Waals surface area contributed by atoms with Crippen molar-refractivity contribution in [2.24, 2.45) is 0 Å². The normalized spacial score (nSPS) is 15.0. The standard InChI is InChI=1S/C48H29N3S/c1-3-15-30(16-4-1)45-49-46(31-17-5-2-6-18-31)51-47(50-45)33-20-13-19-32(29-33)34-24-14-27-40-42(34)35-21-7-10-25-38(35)48(40)39-26-11-8-22-36(39)43-37-23-9-12-28-41(37)52-44(43)48/h1-29H. The molecule has 0 bridgehead atoms. The van der Waals surface area contributed by atoms with Crippen LogP contribution in [0.2, 0.25) is 0 Å². The fourth-order valence-electron chi connectivity index (χ4n) is 8.59. The lowest BCUT2D eigenvalue weighted by Gasteiger charge is -2.29. The maximum absolute atomic E-state index is 5.05. The summed E-state index contributed by atoms with van der Waals surface area (Å²) in [6.45, 7) is 0. The fourth-order valence-corrected chi connectivity index (χ4v) is 10.0. The zero-order valence-electron chi connectivity index (χ0n) is 28.0. The van der Waals surface area contributed by atoms with Crippen molar-refractivity contribution in [3.63, 3.8) is 0 Å². The summed E-state index contributed by atoms with van der Waals surface area (Å²) in [6, 6.07) is 62.9. The number of hydrogen-bond donors (Lipinski definition) is 0. The Balaban J connectivity index is 1.13. The summed E-state index contributed by atoms with van der Waals surface area (Å²) in [5, 5.41) is 1.34. The molecule has 2 aromatic heterocycles. The molecule has 0 saturated carbocycles. The number of benzene rings is 7. The number of rotatable bonds is 4. The summed E-state index contributed by atoms with van der Waals surface area (Å²) < 4.78 is 1.33. The Morgan fingerprint density at radius 3 is 1.54 bits per heavy atom. The van der Waals surface area contributed by atoms with Gasteiger partial charge < -0.3 is 0 Å². The van der Waals surface area contributed by atoms with Crippen LogP contribution in [0.5, 0.6) is 0 Å². The molecular formula is C48H29N3S. The highest BCUT2D eigenvalue weighted by Gasteiger charge is 2.53. The average molecular weight is 680 g/mol. The summed E-state index contributed by atoms with van der Waals surface area (Å²) in [5.74, 6) is 1.97. The van der Waals surface area contributed by atoms with Gasteiger partial charge in [-0.1, -0.05) is 164 Å². The van der Waals surface area contributed by atoms with Crippen molar-refractivity contribution in [2.75, 3.05) is 0 Å². The second-order valence-corrected chi connectivity index (χ2v) is 14.5.